The number of likely N-dealkylation sites (tertiary alicyclic amines) is 1. The lowest BCUT2D eigenvalue weighted by Gasteiger charge is -2.42. The number of pyridine rings is 1. The number of hydrogen-bond donors (Lipinski definition) is 0. The van der Waals surface area contributed by atoms with E-state index in [1.807, 2.05) is 13.0 Å². The van der Waals surface area contributed by atoms with Crippen molar-refractivity contribution in [3.8, 4) is 11.1 Å². The van der Waals surface area contributed by atoms with Gasteiger partial charge in [-0.25, -0.2) is 13.8 Å². The first-order chi connectivity index (χ1) is 13.3. The average Bonchev–Trinajstić information content (AvgIpc) is 3.08. The van der Waals surface area contributed by atoms with Crippen molar-refractivity contribution < 1.29 is 13.6 Å². The van der Waals surface area contributed by atoms with Gasteiger partial charge < -0.3 is 13.9 Å². The van der Waals surface area contributed by atoms with E-state index in [4.69, 9.17) is 11.6 Å². The molecule has 0 atom stereocenters. The maximum atomic E-state index is 13.7. The van der Waals surface area contributed by atoms with Crippen LogP contribution in [0.3, 0.4) is 0 Å². The first-order valence-electron chi connectivity index (χ1n) is 8.66. The van der Waals surface area contributed by atoms with Crippen LogP contribution in [0.4, 0.5) is 8.78 Å². The van der Waals surface area contributed by atoms with Crippen molar-refractivity contribution >= 4 is 23.0 Å². The van der Waals surface area contributed by atoms with Crippen molar-refractivity contribution in [2.45, 2.75) is 19.1 Å². The van der Waals surface area contributed by atoms with Crippen molar-refractivity contribution in [2.75, 3.05) is 19.8 Å². The summed E-state index contributed by atoms with van der Waals surface area (Å²) in [5.41, 5.74) is 0.262. The van der Waals surface area contributed by atoms with E-state index in [-0.39, 0.29) is 25.2 Å². The molecule has 28 heavy (non-hydrogen) atoms. The molecule has 9 heteroatoms. The summed E-state index contributed by atoms with van der Waals surface area (Å²) in [7, 11) is 0. The third-order valence-electron chi connectivity index (χ3n) is 4.96. The second-order valence-electron chi connectivity index (χ2n) is 7.08. The summed E-state index contributed by atoms with van der Waals surface area (Å²) in [4.78, 5) is 30.6. The van der Waals surface area contributed by atoms with Gasteiger partial charge in [0, 0.05) is 35.9 Å². The molecule has 0 spiro atoms. The molecule has 0 aliphatic carbocycles. The largest absolute Gasteiger partial charge is 0.334 e. The normalized spacial score (nSPS) is 15.6. The van der Waals surface area contributed by atoms with E-state index in [2.05, 4.69) is 4.98 Å². The highest BCUT2D eigenvalue weighted by molar-refractivity contribution is 6.30. The van der Waals surface area contributed by atoms with Gasteiger partial charge in [-0.3, -0.25) is 9.59 Å². The third-order valence-corrected chi connectivity index (χ3v) is 5.35. The monoisotopic (exact) mass is 406 g/mol. The van der Waals surface area contributed by atoms with Gasteiger partial charge in [0.25, 0.3) is 5.56 Å². The second kappa shape index (κ2) is 6.70. The zero-order chi connectivity index (χ0) is 20.1. The maximum Gasteiger partial charge on any atom is 0.275 e. The van der Waals surface area contributed by atoms with Crippen LogP contribution in [0.5, 0.6) is 0 Å². The predicted octanol–water partition coefficient (Wildman–Crippen LogP) is 2.64. The fourth-order valence-electron chi connectivity index (χ4n) is 3.36. The molecule has 0 radical (unpaired) electrons. The van der Waals surface area contributed by atoms with Crippen molar-refractivity contribution in [3.05, 3.63) is 58.0 Å². The second-order valence-corrected chi connectivity index (χ2v) is 7.44. The summed E-state index contributed by atoms with van der Waals surface area (Å²) in [5.74, 6) is -0.426. The van der Waals surface area contributed by atoms with Crippen molar-refractivity contribution in [2.24, 2.45) is 0 Å². The smallest absolute Gasteiger partial charge is 0.275 e. The van der Waals surface area contributed by atoms with Crippen LogP contribution in [0.2, 0.25) is 5.15 Å². The molecule has 0 unspecified atom stereocenters. The fourth-order valence-corrected chi connectivity index (χ4v) is 3.46. The Morgan fingerprint density at radius 1 is 1.32 bits per heavy atom. The molecule has 1 amide bonds. The molecule has 1 saturated heterocycles. The van der Waals surface area contributed by atoms with Gasteiger partial charge in [0.15, 0.2) is 5.67 Å². The van der Waals surface area contributed by atoms with E-state index in [9.17, 15) is 18.4 Å². The molecule has 4 rings (SSSR count). The number of aromatic nitrogens is 3. The number of nitrogens with zero attached hydrogens (tertiary/aromatic N) is 4. The molecular weight excluding hydrogens is 390 g/mol. The van der Waals surface area contributed by atoms with Gasteiger partial charge in [-0.1, -0.05) is 11.6 Å². The highest BCUT2D eigenvalue weighted by atomic mass is 35.5. The van der Waals surface area contributed by atoms with Gasteiger partial charge >= 0.3 is 0 Å². The lowest BCUT2D eigenvalue weighted by Crippen LogP contribution is -2.62. The molecular formula is C19H17ClF2N4O2. The number of hydrogen-bond acceptors (Lipinski definition) is 3. The number of alkyl halides is 2. The molecule has 0 saturated carbocycles. The van der Waals surface area contributed by atoms with Crippen LogP contribution in [0, 0.1) is 6.92 Å². The number of carbonyl (C=O) groups is 1. The lowest BCUT2D eigenvalue weighted by atomic mass is 9.98. The van der Waals surface area contributed by atoms with Gasteiger partial charge in [0.1, 0.15) is 23.9 Å². The van der Waals surface area contributed by atoms with Crippen LogP contribution in [0.25, 0.3) is 16.6 Å². The van der Waals surface area contributed by atoms with Crippen molar-refractivity contribution in [3.63, 3.8) is 0 Å². The molecule has 0 bridgehead atoms. The number of fused-ring (bicyclic) bond motifs is 1. The number of carbonyl (C=O) groups excluding carboxylic acids is 1. The Bertz CT molecular complexity index is 1130. The summed E-state index contributed by atoms with van der Waals surface area (Å²) in [6.07, 6.45) is 6.50. The van der Waals surface area contributed by atoms with Gasteiger partial charge in [-0.05, 0) is 24.6 Å². The van der Waals surface area contributed by atoms with E-state index in [0.29, 0.717) is 16.2 Å². The topological polar surface area (TPSA) is 59.6 Å². The Hall–Kier alpha value is -2.74. The standard InChI is InChI=1S/C19H17ClF2N4O2/c1-12-6-13(7-23-17(12)20)14-2-3-24-4-5-25(18(28)16(14)24)8-15(27)26-10-19(22,9-21)11-26/h2-7H,8-11H2,1H3. The Balaban J connectivity index is 1.66. The first kappa shape index (κ1) is 18.6. The molecule has 146 valence electrons. The van der Waals surface area contributed by atoms with E-state index in [1.165, 1.54) is 15.7 Å². The fraction of sp³-hybridized carbons (Fsp3) is 0.316. The van der Waals surface area contributed by atoms with Crippen LogP contribution >= 0.6 is 11.6 Å². The number of rotatable bonds is 4. The predicted molar refractivity (Wildman–Crippen MR) is 101 cm³/mol. The van der Waals surface area contributed by atoms with Crippen LogP contribution in [-0.4, -0.2) is 50.2 Å². The van der Waals surface area contributed by atoms with Crippen molar-refractivity contribution in [1.29, 1.82) is 0 Å². The molecule has 6 nitrogen and oxygen atoms in total. The molecule has 4 heterocycles. The molecule has 3 aromatic heterocycles. The number of halogens is 3. The van der Waals surface area contributed by atoms with E-state index >= 15 is 0 Å². The Kier molecular flexibility index (Phi) is 4.45. The lowest BCUT2D eigenvalue weighted by molar-refractivity contribution is -0.147. The molecule has 0 N–H and O–H groups in total. The van der Waals surface area contributed by atoms with Crippen LogP contribution in [0.1, 0.15) is 5.56 Å². The average molecular weight is 407 g/mol. The molecule has 0 aromatic carbocycles. The SMILES string of the molecule is Cc1cc(-c2ccn3ccn(CC(=O)N4CC(F)(CF)C4)c(=O)c23)cnc1Cl. The minimum Gasteiger partial charge on any atom is -0.334 e. The van der Waals surface area contributed by atoms with Gasteiger partial charge in [0.2, 0.25) is 5.91 Å². The molecule has 3 aromatic rings. The quantitative estimate of drug-likeness (QED) is 0.626. The third kappa shape index (κ3) is 3.07. The molecule has 1 aliphatic heterocycles. The minimum absolute atomic E-state index is 0.236. The zero-order valence-electron chi connectivity index (χ0n) is 15.0. The Morgan fingerprint density at radius 2 is 2.07 bits per heavy atom. The van der Waals surface area contributed by atoms with E-state index in [0.717, 1.165) is 11.1 Å². The number of amides is 1. The van der Waals surface area contributed by atoms with E-state index < -0.39 is 18.3 Å². The minimum atomic E-state index is -1.96. The maximum absolute atomic E-state index is 13.7. The first-order valence-corrected chi connectivity index (χ1v) is 9.04. The summed E-state index contributed by atoms with van der Waals surface area (Å²) in [6, 6.07) is 3.63. The highest BCUT2D eigenvalue weighted by Crippen LogP contribution is 2.27. The summed E-state index contributed by atoms with van der Waals surface area (Å²) in [5, 5.41) is 0.391. The summed E-state index contributed by atoms with van der Waals surface area (Å²) in [6.45, 7) is -0.106. The van der Waals surface area contributed by atoms with E-state index in [1.54, 1.807) is 29.1 Å². The molecule has 1 aliphatic rings. The number of aryl methyl sites for hydroxylation is 1. The van der Waals surface area contributed by atoms with Crippen LogP contribution < -0.4 is 5.56 Å². The van der Waals surface area contributed by atoms with Gasteiger partial charge in [-0.15, -0.1) is 0 Å². The summed E-state index contributed by atoms with van der Waals surface area (Å²) < 4.78 is 29.2. The highest BCUT2D eigenvalue weighted by Gasteiger charge is 2.45. The molecule has 1 fully saturated rings. The Morgan fingerprint density at radius 3 is 2.75 bits per heavy atom. The zero-order valence-corrected chi connectivity index (χ0v) is 15.8. The van der Waals surface area contributed by atoms with Crippen molar-refractivity contribution in [1.82, 2.24) is 18.9 Å². The van der Waals surface area contributed by atoms with Crippen LogP contribution in [0.15, 0.2) is 41.7 Å². The van der Waals surface area contributed by atoms with Gasteiger partial charge in [0.05, 0.1) is 13.1 Å². The van der Waals surface area contributed by atoms with Gasteiger partial charge in [-0.2, -0.15) is 0 Å². The summed E-state index contributed by atoms with van der Waals surface area (Å²) >= 11 is 5.98. The Labute approximate surface area is 164 Å². The van der Waals surface area contributed by atoms with Crippen LogP contribution in [-0.2, 0) is 11.3 Å².